The second-order valence-corrected chi connectivity index (χ2v) is 7.37. The normalized spacial score (nSPS) is 10.7. The lowest BCUT2D eigenvalue weighted by molar-refractivity contribution is 0.102. The van der Waals surface area contributed by atoms with Crippen LogP contribution in [0, 0.1) is 18.3 Å². The van der Waals surface area contributed by atoms with Crippen LogP contribution in [0.5, 0.6) is 0 Å². The number of fused-ring (bicyclic) bond motifs is 1. The molecule has 0 radical (unpaired) electrons. The Bertz CT molecular complexity index is 1530. The van der Waals surface area contributed by atoms with E-state index in [2.05, 4.69) is 31.4 Å². The molecule has 3 heterocycles. The quantitative estimate of drug-likeness (QED) is 0.454. The number of anilines is 1. The van der Waals surface area contributed by atoms with E-state index in [9.17, 15) is 4.79 Å². The van der Waals surface area contributed by atoms with Crippen molar-refractivity contribution in [3.8, 4) is 23.1 Å². The SMILES string of the molecule is Cc1cccc(-n2nc(C(=O)Nc3ccc(C#N)cc3)cc2-c2ccc3nccnc3c2)n1. The topological polar surface area (TPSA) is 109 Å². The van der Waals surface area contributed by atoms with Crippen LogP contribution in [0.2, 0.25) is 0 Å². The number of hydrogen-bond donors (Lipinski definition) is 1. The smallest absolute Gasteiger partial charge is 0.276 e. The van der Waals surface area contributed by atoms with E-state index in [0.29, 0.717) is 22.8 Å². The van der Waals surface area contributed by atoms with Crippen LogP contribution in [-0.2, 0) is 0 Å². The Hall–Kier alpha value is -4.90. The van der Waals surface area contributed by atoms with E-state index in [1.165, 1.54) is 0 Å². The van der Waals surface area contributed by atoms with Gasteiger partial charge in [-0.1, -0.05) is 12.1 Å². The minimum Gasteiger partial charge on any atom is -0.321 e. The first-order chi connectivity index (χ1) is 16.1. The van der Waals surface area contributed by atoms with Crippen molar-refractivity contribution in [3.63, 3.8) is 0 Å². The molecule has 5 rings (SSSR count). The molecule has 2 aromatic carbocycles. The average molecular weight is 431 g/mol. The fraction of sp³-hybridized carbons (Fsp3) is 0.0400. The van der Waals surface area contributed by atoms with Crippen LogP contribution in [0.1, 0.15) is 21.7 Å². The first kappa shape index (κ1) is 20.0. The van der Waals surface area contributed by atoms with Gasteiger partial charge in [0.2, 0.25) is 0 Å². The number of carbonyl (C=O) groups is 1. The van der Waals surface area contributed by atoms with Crippen LogP contribution in [0.4, 0.5) is 5.69 Å². The van der Waals surface area contributed by atoms with Gasteiger partial charge in [0, 0.05) is 29.3 Å². The number of benzene rings is 2. The van der Waals surface area contributed by atoms with E-state index >= 15 is 0 Å². The van der Waals surface area contributed by atoms with Crippen LogP contribution in [0.25, 0.3) is 28.1 Å². The van der Waals surface area contributed by atoms with Gasteiger partial charge in [-0.2, -0.15) is 10.4 Å². The second kappa shape index (κ2) is 8.32. The van der Waals surface area contributed by atoms with Crippen molar-refractivity contribution in [2.45, 2.75) is 6.92 Å². The molecule has 0 aliphatic rings. The summed E-state index contributed by atoms with van der Waals surface area (Å²) in [5.41, 5.74) is 5.21. The third kappa shape index (κ3) is 4.03. The highest BCUT2D eigenvalue weighted by Gasteiger charge is 2.18. The van der Waals surface area contributed by atoms with E-state index < -0.39 is 0 Å². The number of nitriles is 1. The van der Waals surface area contributed by atoms with Crippen LogP contribution in [-0.4, -0.2) is 30.6 Å². The molecule has 0 bridgehead atoms. The molecule has 1 amide bonds. The van der Waals surface area contributed by atoms with Crippen molar-refractivity contribution < 1.29 is 4.79 Å². The summed E-state index contributed by atoms with van der Waals surface area (Å²) in [6.45, 7) is 1.90. The summed E-state index contributed by atoms with van der Waals surface area (Å²) in [5.74, 6) is 0.231. The van der Waals surface area contributed by atoms with Gasteiger partial charge in [-0.3, -0.25) is 14.8 Å². The van der Waals surface area contributed by atoms with Crippen molar-refractivity contribution in [1.82, 2.24) is 24.7 Å². The van der Waals surface area contributed by atoms with Crippen LogP contribution in [0.15, 0.2) is 79.1 Å². The Morgan fingerprint density at radius 2 is 1.76 bits per heavy atom. The number of carbonyl (C=O) groups excluding carboxylic acids is 1. The van der Waals surface area contributed by atoms with Gasteiger partial charge in [0.1, 0.15) is 0 Å². The predicted molar refractivity (Wildman–Crippen MR) is 124 cm³/mol. The van der Waals surface area contributed by atoms with Crippen molar-refractivity contribution in [2.75, 3.05) is 5.32 Å². The number of nitrogens with one attached hydrogen (secondary N) is 1. The molecule has 0 aliphatic heterocycles. The number of amides is 1. The summed E-state index contributed by atoms with van der Waals surface area (Å²) in [7, 11) is 0. The predicted octanol–water partition coefficient (Wildman–Crippen LogP) is 4.31. The van der Waals surface area contributed by atoms with E-state index in [0.717, 1.165) is 22.3 Å². The summed E-state index contributed by atoms with van der Waals surface area (Å²) in [6.07, 6.45) is 3.29. The summed E-state index contributed by atoms with van der Waals surface area (Å²) >= 11 is 0. The Labute approximate surface area is 189 Å². The lowest BCUT2D eigenvalue weighted by Crippen LogP contribution is -2.13. The number of rotatable bonds is 4. The zero-order valence-corrected chi connectivity index (χ0v) is 17.6. The maximum absolute atomic E-state index is 13.0. The van der Waals surface area contributed by atoms with Gasteiger partial charge in [0.05, 0.1) is 28.4 Å². The molecule has 8 nitrogen and oxygen atoms in total. The van der Waals surface area contributed by atoms with Gasteiger partial charge in [0.25, 0.3) is 5.91 Å². The minimum absolute atomic E-state index is 0.233. The van der Waals surface area contributed by atoms with Crippen LogP contribution < -0.4 is 5.32 Å². The van der Waals surface area contributed by atoms with Gasteiger partial charge in [-0.25, -0.2) is 9.67 Å². The summed E-state index contributed by atoms with van der Waals surface area (Å²) in [6, 6.07) is 21.8. The standard InChI is InChI=1S/C25H17N7O/c1-16-3-2-4-24(29-16)32-23(18-7-10-20-21(13-18)28-12-11-27-20)14-22(31-32)25(33)30-19-8-5-17(15-26)6-9-19/h2-14H,1H3,(H,30,33). The molecule has 8 heteroatoms. The van der Waals surface area contributed by atoms with Crippen molar-refractivity contribution in [1.29, 1.82) is 5.26 Å². The number of aromatic nitrogens is 5. The molecule has 1 N–H and O–H groups in total. The molecule has 0 saturated carbocycles. The molecule has 0 aliphatic carbocycles. The Morgan fingerprint density at radius 1 is 0.970 bits per heavy atom. The molecule has 5 aromatic rings. The molecule has 0 spiro atoms. The highest BCUT2D eigenvalue weighted by molar-refractivity contribution is 6.03. The van der Waals surface area contributed by atoms with Crippen molar-refractivity contribution in [3.05, 3.63) is 96.1 Å². The zero-order chi connectivity index (χ0) is 22.8. The highest BCUT2D eigenvalue weighted by Crippen LogP contribution is 2.26. The third-order valence-corrected chi connectivity index (χ3v) is 5.07. The molecule has 0 fully saturated rings. The van der Waals surface area contributed by atoms with E-state index in [1.807, 2.05) is 43.3 Å². The van der Waals surface area contributed by atoms with Crippen molar-refractivity contribution >= 4 is 22.6 Å². The van der Waals surface area contributed by atoms with Gasteiger partial charge in [-0.15, -0.1) is 0 Å². The molecule has 0 saturated heterocycles. The molecule has 3 aromatic heterocycles. The maximum atomic E-state index is 13.0. The number of hydrogen-bond acceptors (Lipinski definition) is 6. The number of aryl methyl sites for hydroxylation is 1. The number of pyridine rings is 1. The van der Waals surface area contributed by atoms with Crippen molar-refractivity contribution in [2.24, 2.45) is 0 Å². The lowest BCUT2D eigenvalue weighted by Gasteiger charge is -2.08. The maximum Gasteiger partial charge on any atom is 0.276 e. The van der Waals surface area contributed by atoms with Crippen LogP contribution in [0.3, 0.4) is 0 Å². The molecular formula is C25H17N7O. The summed E-state index contributed by atoms with van der Waals surface area (Å²) < 4.78 is 1.65. The van der Waals surface area contributed by atoms with Crippen LogP contribution >= 0.6 is 0 Å². The first-order valence-electron chi connectivity index (χ1n) is 10.2. The molecule has 158 valence electrons. The molecule has 33 heavy (non-hydrogen) atoms. The molecule has 0 atom stereocenters. The van der Waals surface area contributed by atoms with Gasteiger partial charge in [-0.05, 0) is 61.5 Å². The Balaban J connectivity index is 1.58. The van der Waals surface area contributed by atoms with E-state index in [1.54, 1.807) is 47.4 Å². The molecule has 0 unspecified atom stereocenters. The second-order valence-electron chi connectivity index (χ2n) is 7.37. The van der Waals surface area contributed by atoms with Gasteiger partial charge >= 0.3 is 0 Å². The fourth-order valence-electron chi connectivity index (χ4n) is 3.46. The lowest BCUT2D eigenvalue weighted by atomic mass is 10.1. The number of nitrogens with zero attached hydrogens (tertiary/aromatic N) is 6. The Kier molecular flexibility index (Phi) is 5.05. The first-order valence-corrected chi connectivity index (χ1v) is 10.2. The fourth-order valence-corrected chi connectivity index (χ4v) is 3.46. The van der Waals surface area contributed by atoms with E-state index in [4.69, 9.17) is 5.26 Å². The monoisotopic (exact) mass is 431 g/mol. The van der Waals surface area contributed by atoms with Gasteiger partial charge < -0.3 is 5.32 Å². The summed E-state index contributed by atoms with van der Waals surface area (Å²) in [4.78, 5) is 26.3. The zero-order valence-electron chi connectivity index (χ0n) is 17.6. The van der Waals surface area contributed by atoms with Gasteiger partial charge in [0.15, 0.2) is 11.5 Å². The average Bonchev–Trinajstić information content (AvgIpc) is 3.30. The molecular weight excluding hydrogens is 414 g/mol. The summed E-state index contributed by atoms with van der Waals surface area (Å²) in [5, 5.41) is 16.3. The highest BCUT2D eigenvalue weighted by atomic mass is 16.2. The largest absolute Gasteiger partial charge is 0.321 e. The minimum atomic E-state index is -0.368. The third-order valence-electron chi connectivity index (χ3n) is 5.07. The Morgan fingerprint density at radius 3 is 2.52 bits per heavy atom. The van der Waals surface area contributed by atoms with E-state index in [-0.39, 0.29) is 11.6 Å².